The van der Waals surface area contributed by atoms with E-state index in [4.69, 9.17) is 25.8 Å². The third kappa shape index (κ3) is 4.78. The van der Waals surface area contributed by atoms with Gasteiger partial charge in [-0.15, -0.1) is 0 Å². The monoisotopic (exact) mass is 469 g/mol. The van der Waals surface area contributed by atoms with Crippen molar-refractivity contribution in [3.63, 3.8) is 0 Å². The average Bonchev–Trinajstić information content (AvgIpc) is 2.78. The standard InChI is InChI=1S/C21H21ClFNO6S/c22-18-10-14(11-19-20(18)29-9-8-28-19)13-30-21(25)15-2-1-7-24(12-15)31(26,27)17-5-3-16(23)4-6-17/h3-6,10-11,15H,1-2,7-9,12-13H2. The SMILES string of the molecule is O=C(OCc1cc(Cl)c2c(c1)OCCO2)C1CCCN(S(=O)(=O)c2ccc(F)cc2)C1. The van der Waals surface area contributed by atoms with Crippen molar-refractivity contribution in [2.75, 3.05) is 26.3 Å². The Balaban J connectivity index is 1.40. The molecule has 0 saturated carbocycles. The van der Waals surface area contributed by atoms with Crippen LogP contribution in [0.2, 0.25) is 5.02 Å². The van der Waals surface area contributed by atoms with Crippen LogP contribution in [-0.2, 0) is 26.2 Å². The lowest BCUT2D eigenvalue weighted by Gasteiger charge is -2.30. The van der Waals surface area contributed by atoms with Crippen molar-refractivity contribution in [1.29, 1.82) is 0 Å². The van der Waals surface area contributed by atoms with Crippen molar-refractivity contribution in [2.24, 2.45) is 5.92 Å². The van der Waals surface area contributed by atoms with Gasteiger partial charge in [0.15, 0.2) is 11.5 Å². The van der Waals surface area contributed by atoms with E-state index in [9.17, 15) is 17.6 Å². The van der Waals surface area contributed by atoms with E-state index in [0.29, 0.717) is 54.7 Å². The van der Waals surface area contributed by atoms with Crippen LogP contribution in [0, 0.1) is 11.7 Å². The van der Waals surface area contributed by atoms with Gasteiger partial charge in [0.05, 0.1) is 15.8 Å². The first-order valence-electron chi connectivity index (χ1n) is 9.85. The number of piperidine rings is 1. The Morgan fingerprint density at radius 2 is 1.94 bits per heavy atom. The predicted octanol–water partition coefficient (Wildman–Crippen LogP) is 3.39. The van der Waals surface area contributed by atoms with E-state index in [-0.39, 0.29) is 18.0 Å². The summed E-state index contributed by atoms with van der Waals surface area (Å²) in [6.45, 7) is 1.12. The van der Waals surface area contributed by atoms with Crippen LogP contribution >= 0.6 is 11.6 Å². The molecule has 0 aromatic heterocycles. The number of sulfonamides is 1. The molecule has 2 heterocycles. The topological polar surface area (TPSA) is 82.1 Å². The van der Waals surface area contributed by atoms with Crippen LogP contribution in [0.25, 0.3) is 0 Å². The van der Waals surface area contributed by atoms with Gasteiger partial charge in [-0.2, -0.15) is 4.31 Å². The molecule has 2 aromatic rings. The first-order chi connectivity index (χ1) is 14.8. The van der Waals surface area contributed by atoms with Crippen LogP contribution in [0.15, 0.2) is 41.3 Å². The molecule has 166 valence electrons. The third-order valence-electron chi connectivity index (χ3n) is 5.21. The second kappa shape index (κ2) is 9.02. The van der Waals surface area contributed by atoms with Gasteiger partial charge >= 0.3 is 5.97 Å². The zero-order valence-electron chi connectivity index (χ0n) is 16.6. The van der Waals surface area contributed by atoms with Crippen LogP contribution in [0.5, 0.6) is 11.5 Å². The molecule has 1 fully saturated rings. The summed E-state index contributed by atoms with van der Waals surface area (Å²) in [7, 11) is -3.82. The first-order valence-corrected chi connectivity index (χ1v) is 11.7. The molecule has 2 aliphatic heterocycles. The van der Waals surface area contributed by atoms with Gasteiger partial charge in [-0.05, 0) is 54.8 Å². The number of hydrogen-bond acceptors (Lipinski definition) is 6. The Morgan fingerprint density at radius 3 is 2.71 bits per heavy atom. The number of nitrogens with zero attached hydrogens (tertiary/aromatic N) is 1. The number of ether oxygens (including phenoxy) is 3. The smallest absolute Gasteiger partial charge is 0.310 e. The number of benzene rings is 2. The summed E-state index contributed by atoms with van der Waals surface area (Å²) in [5.74, 6) is -0.615. The summed E-state index contributed by atoms with van der Waals surface area (Å²) in [6.07, 6.45) is 1.05. The van der Waals surface area contributed by atoms with Gasteiger partial charge in [-0.3, -0.25) is 4.79 Å². The Kier molecular flexibility index (Phi) is 6.36. The van der Waals surface area contributed by atoms with Crippen LogP contribution in [0.3, 0.4) is 0 Å². The fourth-order valence-electron chi connectivity index (χ4n) is 3.63. The van der Waals surface area contributed by atoms with Crippen LogP contribution in [0.4, 0.5) is 4.39 Å². The quantitative estimate of drug-likeness (QED) is 0.624. The molecule has 0 bridgehead atoms. The summed E-state index contributed by atoms with van der Waals surface area (Å²) in [5.41, 5.74) is 0.647. The molecule has 10 heteroatoms. The van der Waals surface area contributed by atoms with E-state index < -0.39 is 27.7 Å². The van der Waals surface area contributed by atoms with Gasteiger partial charge in [0.1, 0.15) is 25.6 Å². The second-order valence-corrected chi connectivity index (χ2v) is 9.71. The minimum absolute atomic E-state index is 0.00571. The van der Waals surface area contributed by atoms with Crippen LogP contribution < -0.4 is 9.47 Å². The normalized spacial score (nSPS) is 19.1. The van der Waals surface area contributed by atoms with Crippen LogP contribution in [0.1, 0.15) is 18.4 Å². The lowest BCUT2D eigenvalue weighted by Crippen LogP contribution is -2.42. The highest BCUT2D eigenvalue weighted by Crippen LogP contribution is 2.38. The maximum Gasteiger partial charge on any atom is 0.310 e. The van der Waals surface area contributed by atoms with Crippen molar-refractivity contribution in [3.05, 3.63) is 52.8 Å². The molecule has 1 saturated heterocycles. The van der Waals surface area contributed by atoms with Crippen molar-refractivity contribution < 1.29 is 31.8 Å². The van der Waals surface area contributed by atoms with Gasteiger partial charge in [-0.25, -0.2) is 12.8 Å². The van der Waals surface area contributed by atoms with Gasteiger partial charge < -0.3 is 14.2 Å². The van der Waals surface area contributed by atoms with Crippen molar-refractivity contribution >= 4 is 27.6 Å². The lowest BCUT2D eigenvalue weighted by molar-refractivity contribution is -0.151. The Labute approximate surface area is 184 Å². The van der Waals surface area contributed by atoms with E-state index in [1.165, 1.54) is 16.4 Å². The summed E-state index contributed by atoms with van der Waals surface area (Å²) in [6, 6.07) is 7.99. The average molecular weight is 470 g/mol. The fourth-order valence-corrected chi connectivity index (χ4v) is 5.44. The summed E-state index contributed by atoms with van der Waals surface area (Å²) < 4.78 is 56.5. The molecule has 1 unspecified atom stereocenters. The fraction of sp³-hybridized carbons (Fsp3) is 0.381. The van der Waals surface area contributed by atoms with Gasteiger partial charge in [0, 0.05) is 13.1 Å². The highest BCUT2D eigenvalue weighted by atomic mass is 35.5. The van der Waals surface area contributed by atoms with E-state index in [0.717, 1.165) is 12.1 Å². The first kappa shape index (κ1) is 21.9. The molecule has 0 amide bonds. The van der Waals surface area contributed by atoms with Gasteiger partial charge in [-0.1, -0.05) is 11.6 Å². The highest BCUT2D eigenvalue weighted by Gasteiger charge is 2.34. The molecular weight excluding hydrogens is 449 g/mol. The van der Waals surface area contributed by atoms with Gasteiger partial charge in [0.25, 0.3) is 0 Å². The maximum atomic E-state index is 13.1. The molecule has 0 spiro atoms. The van der Waals surface area contributed by atoms with E-state index in [1.54, 1.807) is 12.1 Å². The number of hydrogen-bond donors (Lipinski definition) is 0. The molecule has 1 atom stereocenters. The second-order valence-electron chi connectivity index (χ2n) is 7.37. The van der Waals surface area contributed by atoms with Crippen molar-refractivity contribution in [2.45, 2.75) is 24.3 Å². The van der Waals surface area contributed by atoms with E-state index >= 15 is 0 Å². The zero-order valence-corrected chi connectivity index (χ0v) is 18.1. The number of carbonyl (C=O) groups excluding carboxylic acids is 1. The van der Waals surface area contributed by atoms with E-state index in [2.05, 4.69) is 0 Å². The summed E-state index contributed by atoms with van der Waals surface area (Å²) in [4.78, 5) is 12.6. The van der Waals surface area contributed by atoms with Gasteiger partial charge in [0.2, 0.25) is 10.0 Å². The molecule has 31 heavy (non-hydrogen) atoms. The third-order valence-corrected chi connectivity index (χ3v) is 7.37. The Hall–Kier alpha value is -2.36. The Morgan fingerprint density at radius 1 is 1.19 bits per heavy atom. The minimum Gasteiger partial charge on any atom is -0.486 e. The minimum atomic E-state index is -3.82. The summed E-state index contributed by atoms with van der Waals surface area (Å²) in [5, 5.41) is 0.373. The summed E-state index contributed by atoms with van der Waals surface area (Å²) >= 11 is 6.21. The number of fused-ring (bicyclic) bond motifs is 1. The Bertz CT molecular complexity index is 1080. The molecule has 0 N–H and O–H groups in total. The van der Waals surface area contributed by atoms with E-state index in [1.807, 2.05) is 0 Å². The number of halogens is 2. The predicted molar refractivity (Wildman–Crippen MR) is 110 cm³/mol. The molecule has 2 aromatic carbocycles. The maximum absolute atomic E-state index is 13.1. The molecule has 0 aliphatic carbocycles. The lowest BCUT2D eigenvalue weighted by atomic mass is 10.00. The largest absolute Gasteiger partial charge is 0.486 e. The zero-order chi connectivity index (χ0) is 22.0. The highest BCUT2D eigenvalue weighted by molar-refractivity contribution is 7.89. The number of rotatable bonds is 5. The molecular formula is C21H21ClFNO6S. The van der Waals surface area contributed by atoms with Crippen LogP contribution in [-0.4, -0.2) is 45.0 Å². The molecule has 2 aliphatic rings. The molecule has 0 radical (unpaired) electrons. The number of esters is 1. The molecule has 7 nitrogen and oxygen atoms in total. The molecule has 4 rings (SSSR count). The van der Waals surface area contributed by atoms with Crippen molar-refractivity contribution in [3.8, 4) is 11.5 Å². The number of carbonyl (C=O) groups is 1. The van der Waals surface area contributed by atoms with Crippen molar-refractivity contribution in [1.82, 2.24) is 4.31 Å².